The van der Waals surface area contributed by atoms with E-state index in [2.05, 4.69) is 22.8 Å². The first kappa shape index (κ1) is 19.4. The van der Waals surface area contributed by atoms with Gasteiger partial charge in [0.2, 0.25) is 5.91 Å². The number of carbonyl (C=O) groups is 2. The highest BCUT2D eigenvalue weighted by atomic mass is 16.2. The summed E-state index contributed by atoms with van der Waals surface area (Å²) >= 11 is 0. The largest absolute Gasteiger partial charge is 0.343 e. The highest BCUT2D eigenvalue weighted by Gasteiger charge is 2.11. The van der Waals surface area contributed by atoms with Crippen molar-refractivity contribution >= 4 is 28.3 Å². The van der Waals surface area contributed by atoms with Crippen LogP contribution >= 0.6 is 0 Å². The van der Waals surface area contributed by atoms with Gasteiger partial charge >= 0.3 is 0 Å². The lowest BCUT2D eigenvalue weighted by Gasteiger charge is -2.12. The van der Waals surface area contributed by atoms with Crippen molar-refractivity contribution in [2.45, 2.75) is 6.42 Å². The smallest absolute Gasteiger partial charge is 0.251 e. The summed E-state index contributed by atoms with van der Waals surface area (Å²) in [5.74, 6) is -0.530. The van der Waals surface area contributed by atoms with Gasteiger partial charge in [0.1, 0.15) is 0 Å². The molecule has 0 saturated heterocycles. The summed E-state index contributed by atoms with van der Waals surface area (Å²) < 4.78 is 0. The second-order valence-corrected chi connectivity index (χ2v) is 7.11. The summed E-state index contributed by atoms with van der Waals surface area (Å²) in [6, 6.07) is 31.2. The average molecular weight is 394 g/mol. The van der Waals surface area contributed by atoms with Crippen LogP contribution in [-0.4, -0.2) is 18.4 Å². The summed E-state index contributed by atoms with van der Waals surface area (Å²) in [6.45, 7) is -0.0919. The minimum Gasteiger partial charge on any atom is -0.343 e. The third-order valence-corrected chi connectivity index (χ3v) is 4.95. The van der Waals surface area contributed by atoms with Gasteiger partial charge < -0.3 is 10.6 Å². The Morgan fingerprint density at radius 3 is 2.23 bits per heavy atom. The lowest BCUT2D eigenvalue weighted by molar-refractivity contribution is -0.115. The Morgan fingerprint density at radius 2 is 1.40 bits per heavy atom. The standard InChI is InChI=1S/C26H22N2O2/c29-25(18-27-26(30)23-15-14-20-10-4-5-11-21(20)17-23)28-24-13-7-6-12-22(24)16-19-8-2-1-3-9-19/h1-15,17H,16,18H2,(H,27,30)(H,28,29). The van der Waals surface area contributed by atoms with Crippen molar-refractivity contribution in [3.63, 3.8) is 0 Å². The monoisotopic (exact) mass is 394 g/mol. The molecule has 0 aliphatic carbocycles. The molecule has 4 heteroatoms. The van der Waals surface area contributed by atoms with E-state index in [1.165, 1.54) is 5.56 Å². The van der Waals surface area contributed by atoms with E-state index in [0.29, 0.717) is 5.56 Å². The summed E-state index contributed by atoms with van der Waals surface area (Å²) in [7, 11) is 0. The second kappa shape index (κ2) is 9.05. The molecule has 148 valence electrons. The fraction of sp³-hybridized carbons (Fsp3) is 0.0769. The van der Waals surface area contributed by atoms with E-state index in [4.69, 9.17) is 0 Å². The van der Waals surface area contributed by atoms with Crippen molar-refractivity contribution in [3.05, 3.63) is 114 Å². The molecule has 4 nitrogen and oxygen atoms in total. The number of para-hydroxylation sites is 1. The quantitative estimate of drug-likeness (QED) is 0.494. The van der Waals surface area contributed by atoms with Crippen LogP contribution in [-0.2, 0) is 11.2 Å². The van der Waals surface area contributed by atoms with Gasteiger partial charge in [-0.15, -0.1) is 0 Å². The molecular weight excluding hydrogens is 372 g/mol. The number of amides is 2. The van der Waals surface area contributed by atoms with E-state index in [0.717, 1.165) is 28.4 Å². The SMILES string of the molecule is O=C(CNC(=O)c1ccc2ccccc2c1)Nc1ccccc1Cc1ccccc1. The number of anilines is 1. The molecule has 0 saturated carbocycles. The van der Waals surface area contributed by atoms with E-state index >= 15 is 0 Å². The lowest BCUT2D eigenvalue weighted by atomic mass is 10.0. The summed E-state index contributed by atoms with van der Waals surface area (Å²) in [5, 5.41) is 7.68. The molecule has 0 fully saturated rings. The lowest BCUT2D eigenvalue weighted by Crippen LogP contribution is -2.33. The highest BCUT2D eigenvalue weighted by Crippen LogP contribution is 2.19. The van der Waals surface area contributed by atoms with Gasteiger partial charge in [-0.05, 0) is 46.5 Å². The van der Waals surface area contributed by atoms with Crippen LogP contribution in [0.3, 0.4) is 0 Å². The van der Waals surface area contributed by atoms with Crippen LogP contribution in [0.2, 0.25) is 0 Å². The Morgan fingerprint density at radius 1 is 0.700 bits per heavy atom. The maximum Gasteiger partial charge on any atom is 0.251 e. The molecule has 4 rings (SSSR count). The van der Waals surface area contributed by atoms with Gasteiger partial charge in [-0.2, -0.15) is 0 Å². The summed E-state index contributed by atoms with van der Waals surface area (Å²) in [5.41, 5.74) is 3.49. The predicted octanol–water partition coefficient (Wildman–Crippen LogP) is 4.80. The Kier molecular flexibility index (Phi) is 5.85. The van der Waals surface area contributed by atoms with E-state index in [-0.39, 0.29) is 18.4 Å². The van der Waals surface area contributed by atoms with Gasteiger partial charge in [0.15, 0.2) is 0 Å². The predicted molar refractivity (Wildman–Crippen MR) is 121 cm³/mol. The Hall–Kier alpha value is -3.92. The van der Waals surface area contributed by atoms with Crippen molar-refractivity contribution < 1.29 is 9.59 Å². The van der Waals surface area contributed by atoms with Gasteiger partial charge in [-0.3, -0.25) is 9.59 Å². The first-order valence-corrected chi connectivity index (χ1v) is 9.88. The van der Waals surface area contributed by atoms with Crippen LogP contribution in [0.5, 0.6) is 0 Å². The van der Waals surface area contributed by atoms with Crippen LogP contribution in [0, 0.1) is 0 Å². The molecule has 0 aliphatic heterocycles. The van der Waals surface area contributed by atoms with Crippen LogP contribution < -0.4 is 10.6 Å². The number of benzene rings is 4. The zero-order chi connectivity index (χ0) is 20.8. The molecule has 2 amide bonds. The van der Waals surface area contributed by atoms with Crippen molar-refractivity contribution in [1.82, 2.24) is 5.32 Å². The van der Waals surface area contributed by atoms with Gasteiger partial charge in [0, 0.05) is 11.3 Å². The summed E-state index contributed by atoms with van der Waals surface area (Å²) in [6.07, 6.45) is 0.723. The molecule has 30 heavy (non-hydrogen) atoms. The second-order valence-electron chi connectivity index (χ2n) is 7.11. The number of fused-ring (bicyclic) bond motifs is 1. The van der Waals surface area contributed by atoms with E-state index in [1.807, 2.05) is 78.9 Å². The number of nitrogens with one attached hydrogen (secondary N) is 2. The van der Waals surface area contributed by atoms with Crippen molar-refractivity contribution in [3.8, 4) is 0 Å². The molecule has 2 N–H and O–H groups in total. The topological polar surface area (TPSA) is 58.2 Å². The van der Waals surface area contributed by atoms with E-state index in [9.17, 15) is 9.59 Å². The molecule has 0 aliphatic rings. The fourth-order valence-electron chi connectivity index (χ4n) is 3.40. The Bertz CT molecular complexity index is 1190. The van der Waals surface area contributed by atoms with Crippen LogP contribution in [0.4, 0.5) is 5.69 Å². The average Bonchev–Trinajstić information content (AvgIpc) is 2.79. The number of rotatable bonds is 6. The van der Waals surface area contributed by atoms with Crippen LogP contribution in [0.15, 0.2) is 97.1 Å². The highest BCUT2D eigenvalue weighted by molar-refractivity contribution is 6.01. The van der Waals surface area contributed by atoms with Crippen molar-refractivity contribution in [2.24, 2.45) is 0 Å². The zero-order valence-electron chi connectivity index (χ0n) is 16.5. The number of hydrogen-bond donors (Lipinski definition) is 2. The molecule has 0 aromatic heterocycles. The third kappa shape index (κ3) is 4.73. The van der Waals surface area contributed by atoms with Gasteiger partial charge in [-0.1, -0.05) is 78.9 Å². The molecule has 0 heterocycles. The Balaban J connectivity index is 1.38. The minimum atomic E-state index is -0.270. The fourth-order valence-corrected chi connectivity index (χ4v) is 3.40. The maximum atomic E-state index is 12.5. The Labute approximate surface area is 175 Å². The summed E-state index contributed by atoms with van der Waals surface area (Å²) in [4.78, 5) is 24.9. The van der Waals surface area contributed by atoms with Crippen molar-refractivity contribution in [1.29, 1.82) is 0 Å². The first-order chi connectivity index (χ1) is 14.7. The van der Waals surface area contributed by atoms with Gasteiger partial charge in [-0.25, -0.2) is 0 Å². The van der Waals surface area contributed by atoms with Gasteiger partial charge in [0.25, 0.3) is 5.91 Å². The first-order valence-electron chi connectivity index (χ1n) is 9.88. The molecule has 0 atom stereocenters. The third-order valence-electron chi connectivity index (χ3n) is 4.95. The van der Waals surface area contributed by atoms with Gasteiger partial charge in [0.05, 0.1) is 6.54 Å². The molecule has 4 aromatic carbocycles. The number of carbonyl (C=O) groups excluding carboxylic acids is 2. The molecule has 0 unspecified atom stereocenters. The number of hydrogen-bond acceptors (Lipinski definition) is 2. The molecular formula is C26H22N2O2. The molecule has 4 aromatic rings. The molecule has 0 bridgehead atoms. The molecule has 0 radical (unpaired) electrons. The minimum absolute atomic E-state index is 0.0919. The van der Waals surface area contributed by atoms with Crippen LogP contribution in [0.1, 0.15) is 21.5 Å². The van der Waals surface area contributed by atoms with E-state index in [1.54, 1.807) is 6.07 Å². The normalized spacial score (nSPS) is 10.5. The van der Waals surface area contributed by atoms with E-state index < -0.39 is 0 Å². The van der Waals surface area contributed by atoms with Crippen molar-refractivity contribution in [2.75, 3.05) is 11.9 Å². The zero-order valence-corrected chi connectivity index (χ0v) is 16.5. The molecule has 0 spiro atoms. The van der Waals surface area contributed by atoms with Crippen LogP contribution in [0.25, 0.3) is 10.8 Å². The maximum absolute atomic E-state index is 12.5.